The van der Waals surface area contributed by atoms with Crippen molar-refractivity contribution in [3.63, 3.8) is 0 Å². The highest BCUT2D eigenvalue weighted by atomic mass is 19.4. The van der Waals surface area contributed by atoms with Gasteiger partial charge in [-0.2, -0.15) is 22.9 Å². The maximum Gasteiger partial charge on any atom is 0.416 e. The predicted molar refractivity (Wildman–Crippen MR) is 144 cm³/mol. The molecule has 11 heteroatoms. The van der Waals surface area contributed by atoms with Gasteiger partial charge in [0, 0.05) is 5.56 Å². The number of nitrogens with zero attached hydrogens (tertiary/aromatic N) is 3. The lowest BCUT2D eigenvalue weighted by Crippen LogP contribution is -2.26. The summed E-state index contributed by atoms with van der Waals surface area (Å²) >= 11 is 0. The molecule has 0 aliphatic heterocycles. The molecule has 0 saturated carbocycles. The lowest BCUT2D eigenvalue weighted by atomic mass is 10.1. The van der Waals surface area contributed by atoms with Crippen LogP contribution in [-0.4, -0.2) is 41.2 Å². The molecular formula is C29H26F3N3O5. The Hall–Kier alpha value is -4.67. The summed E-state index contributed by atoms with van der Waals surface area (Å²) in [6, 6.07) is 15.9. The summed E-state index contributed by atoms with van der Waals surface area (Å²) in [6.07, 6.45) is -4.10. The SMILES string of the molecule is CCOC(=O)[C@@H](C)Oc1ccc(C=Nn2c(-c3cccc(C(F)(F)F)c3)nc3ccccc3c2=O)cc1OCC. The van der Waals surface area contributed by atoms with Crippen molar-refractivity contribution < 1.29 is 32.2 Å². The average Bonchev–Trinajstić information content (AvgIpc) is 2.93. The van der Waals surface area contributed by atoms with Crippen molar-refractivity contribution in [2.24, 2.45) is 5.10 Å². The number of alkyl halides is 3. The zero-order valence-electron chi connectivity index (χ0n) is 21.9. The van der Waals surface area contributed by atoms with Gasteiger partial charge in [-0.3, -0.25) is 4.79 Å². The van der Waals surface area contributed by atoms with Gasteiger partial charge in [-0.25, -0.2) is 9.78 Å². The van der Waals surface area contributed by atoms with Gasteiger partial charge in [0.15, 0.2) is 23.4 Å². The van der Waals surface area contributed by atoms with Crippen molar-refractivity contribution in [2.75, 3.05) is 13.2 Å². The van der Waals surface area contributed by atoms with Crippen LogP contribution in [0.2, 0.25) is 0 Å². The third-order valence-electron chi connectivity index (χ3n) is 5.71. The minimum absolute atomic E-state index is 0.0562. The highest BCUT2D eigenvalue weighted by molar-refractivity contribution is 5.83. The highest BCUT2D eigenvalue weighted by Crippen LogP contribution is 2.32. The molecule has 8 nitrogen and oxygen atoms in total. The normalized spacial score (nSPS) is 12.4. The molecule has 0 radical (unpaired) electrons. The van der Waals surface area contributed by atoms with Crippen LogP contribution in [0.3, 0.4) is 0 Å². The second-order valence-corrected chi connectivity index (χ2v) is 8.54. The monoisotopic (exact) mass is 553 g/mol. The second kappa shape index (κ2) is 12.0. The molecule has 0 spiro atoms. The van der Waals surface area contributed by atoms with Crippen LogP contribution in [0.25, 0.3) is 22.3 Å². The minimum Gasteiger partial charge on any atom is -0.490 e. The number of carbonyl (C=O) groups is 1. The van der Waals surface area contributed by atoms with Gasteiger partial charge >= 0.3 is 12.1 Å². The van der Waals surface area contributed by atoms with Crippen LogP contribution in [0.4, 0.5) is 13.2 Å². The summed E-state index contributed by atoms with van der Waals surface area (Å²) in [4.78, 5) is 29.8. The Kier molecular flexibility index (Phi) is 8.52. The van der Waals surface area contributed by atoms with E-state index in [1.807, 2.05) is 0 Å². The lowest BCUT2D eigenvalue weighted by Gasteiger charge is -2.16. The minimum atomic E-state index is -4.58. The zero-order valence-corrected chi connectivity index (χ0v) is 21.9. The first-order chi connectivity index (χ1) is 19.1. The molecule has 0 aliphatic rings. The number of hydrogen-bond acceptors (Lipinski definition) is 7. The fourth-order valence-electron chi connectivity index (χ4n) is 3.85. The molecule has 1 aromatic heterocycles. The number of rotatable bonds is 9. The van der Waals surface area contributed by atoms with Crippen LogP contribution in [0.15, 0.2) is 76.6 Å². The molecule has 40 heavy (non-hydrogen) atoms. The van der Waals surface area contributed by atoms with Crippen molar-refractivity contribution in [1.82, 2.24) is 9.66 Å². The number of aromatic nitrogens is 2. The van der Waals surface area contributed by atoms with Gasteiger partial charge in [-0.05, 0) is 68.8 Å². The second-order valence-electron chi connectivity index (χ2n) is 8.54. The third kappa shape index (κ3) is 6.31. The molecule has 4 rings (SSSR count). The van der Waals surface area contributed by atoms with Gasteiger partial charge < -0.3 is 14.2 Å². The first kappa shape index (κ1) is 28.3. The topological polar surface area (TPSA) is 92.0 Å². The lowest BCUT2D eigenvalue weighted by molar-refractivity contribution is -0.150. The van der Waals surface area contributed by atoms with Gasteiger partial charge in [-0.15, -0.1) is 0 Å². The summed E-state index contributed by atoms with van der Waals surface area (Å²) < 4.78 is 57.6. The number of fused-ring (bicyclic) bond motifs is 1. The molecule has 0 aliphatic carbocycles. The number of benzene rings is 3. The van der Waals surface area contributed by atoms with Crippen molar-refractivity contribution in [3.05, 3.63) is 88.2 Å². The van der Waals surface area contributed by atoms with E-state index < -0.39 is 29.4 Å². The molecular weight excluding hydrogens is 527 g/mol. The molecule has 0 bridgehead atoms. The predicted octanol–water partition coefficient (Wildman–Crippen LogP) is 5.69. The molecule has 1 atom stereocenters. The number of carbonyl (C=O) groups excluding carboxylic acids is 1. The summed E-state index contributed by atoms with van der Waals surface area (Å²) in [5, 5.41) is 4.56. The fraction of sp³-hybridized carbons (Fsp3) is 0.241. The molecule has 208 valence electrons. The average molecular weight is 554 g/mol. The Bertz CT molecular complexity index is 1620. The van der Waals surface area contributed by atoms with Crippen LogP contribution >= 0.6 is 0 Å². The Morgan fingerprint density at radius 3 is 2.52 bits per heavy atom. The molecule has 0 N–H and O–H groups in total. The first-order valence-electron chi connectivity index (χ1n) is 12.5. The van der Waals surface area contributed by atoms with Crippen LogP contribution < -0.4 is 15.0 Å². The van der Waals surface area contributed by atoms with Crippen molar-refractivity contribution in [3.8, 4) is 22.9 Å². The molecule has 0 fully saturated rings. The largest absolute Gasteiger partial charge is 0.490 e. The molecule has 1 heterocycles. The smallest absolute Gasteiger partial charge is 0.416 e. The Morgan fingerprint density at radius 2 is 1.80 bits per heavy atom. The molecule has 4 aromatic rings. The number of para-hydroxylation sites is 1. The summed E-state index contributed by atoms with van der Waals surface area (Å²) in [5.74, 6) is 0.0404. The Balaban J connectivity index is 1.77. The van der Waals surface area contributed by atoms with E-state index in [1.165, 1.54) is 18.3 Å². The maximum absolute atomic E-state index is 13.4. The van der Waals surface area contributed by atoms with E-state index >= 15 is 0 Å². The molecule has 0 amide bonds. The Labute approximate surface area is 227 Å². The fourth-order valence-corrected chi connectivity index (χ4v) is 3.85. The summed E-state index contributed by atoms with van der Waals surface area (Å²) in [5.41, 5.74) is -0.544. The van der Waals surface area contributed by atoms with E-state index in [9.17, 15) is 22.8 Å². The molecule has 3 aromatic carbocycles. The first-order valence-corrected chi connectivity index (χ1v) is 12.5. The highest BCUT2D eigenvalue weighted by Gasteiger charge is 2.31. The van der Waals surface area contributed by atoms with E-state index in [2.05, 4.69) is 10.1 Å². The van der Waals surface area contributed by atoms with Gasteiger partial charge in [-0.1, -0.05) is 24.3 Å². The van der Waals surface area contributed by atoms with E-state index in [0.29, 0.717) is 29.2 Å². The summed E-state index contributed by atoms with van der Waals surface area (Å²) in [7, 11) is 0. The number of ether oxygens (including phenoxy) is 3. The zero-order chi connectivity index (χ0) is 28.9. The van der Waals surface area contributed by atoms with Crippen LogP contribution in [0.5, 0.6) is 11.5 Å². The number of hydrogen-bond donors (Lipinski definition) is 0. The van der Waals surface area contributed by atoms with Crippen LogP contribution in [-0.2, 0) is 15.7 Å². The van der Waals surface area contributed by atoms with Gasteiger partial charge in [0.25, 0.3) is 5.56 Å². The van der Waals surface area contributed by atoms with Gasteiger partial charge in [0.1, 0.15) is 0 Å². The van der Waals surface area contributed by atoms with E-state index in [0.717, 1.165) is 16.8 Å². The Morgan fingerprint density at radius 1 is 1.02 bits per heavy atom. The van der Waals surface area contributed by atoms with Crippen molar-refractivity contribution in [2.45, 2.75) is 33.1 Å². The number of halogens is 3. The standard InChI is InChI=1S/C29H26F3N3O5/c1-4-38-25-15-19(13-14-24(25)40-18(3)28(37)39-5-2)17-33-35-26(20-9-8-10-21(16-20)29(30,31)32)34-23-12-7-6-11-22(23)27(35)36/h6-18H,4-5H2,1-3H3/t18-/m1/s1. The third-order valence-corrected chi connectivity index (χ3v) is 5.71. The van der Waals surface area contributed by atoms with E-state index in [1.54, 1.807) is 63.2 Å². The van der Waals surface area contributed by atoms with Crippen LogP contribution in [0, 0.1) is 0 Å². The van der Waals surface area contributed by atoms with Crippen molar-refractivity contribution in [1.29, 1.82) is 0 Å². The number of esters is 1. The summed E-state index contributed by atoms with van der Waals surface area (Å²) in [6.45, 7) is 5.54. The van der Waals surface area contributed by atoms with Gasteiger partial charge in [0.05, 0.1) is 35.9 Å². The quantitative estimate of drug-likeness (QED) is 0.195. The van der Waals surface area contributed by atoms with Gasteiger partial charge in [0.2, 0.25) is 0 Å². The molecule has 0 saturated heterocycles. The van der Waals surface area contributed by atoms with Crippen molar-refractivity contribution >= 4 is 23.1 Å². The van der Waals surface area contributed by atoms with E-state index in [4.69, 9.17) is 14.2 Å². The maximum atomic E-state index is 13.4. The molecule has 0 unspecified atom stereocenters. The van der Waals surface area contributed by atoms with E-state index in [-0.39, 0.29) is 23.4 Å². The van der Waals surface area contributed by atoms with Crippen LogP contribution in [0.1, 0.15) is 31.9 Å².